The minimum Gasteiger partial charge on any atom is -0.288 e. The van der Waals surface area contributed by atoms with Crippen molar-refractivity contribution in [2.75, 3.05) is 13.1 Å². The summed E-state index contributed by atoms with van der Waals surface area (Å²) in [6.45, 7) is 4.49. The van der Waals surface area contributed by atoms with Gasteiger partial charge < -0.3 is 0 Å². The second-order valence-electron chi connectivity index (χ2n) is 6.43. The van der Waals surface area contributed by atoms with Gasteiger partial charge in [0, 0.05) is 13.1 Å². The van der Waals surface area contributed by atoms with Gasteiger partial charge in [0.25, 0.3) is 0 Å². The molecule has 3 rings (SSSR count). The van der Waals surface area contributed by atoms with Crippen molar-refractivity contribution in [2.45, 2.75) is 38.6 Å². The molecule has 2 aromatic carbocycles. The fourth-order valence-electron chi connectivity index (χ4n) is 3.48. The van der Waals surface area contributed by atoms with Crippen molar-refractivity contribution in [2.24, 2.45) is 0 Å². The van der Waals surface area contributed by atoms with E-state index in [1.165, 1.54) is 36.8 Å². The van der Waals surface area contributed by atoms with E-state index in [1.54, 1.807) is 5.57 Å². The molecule has 0 N–H and O–H groups in total. The van der Waals surface area contributed by atoms with Crippen LogP contribution in [0.25, 0.3) is 0 Å². The lowest BCUT2D eigenvalue weighted by molar-refractivity contribution is 0.241. The molecule has 1 nitrogen and oxygen atoms in total. The van der Waals surface area contributed by atoms with Gasteiger partial charge in [-0.3, -0.25) is 4.90 Å². The van der Waals surface area contributed by atoms with Crippen LogP contribution < -0.4 is 0 Å². The van der Waals surface area contributed by atoms with Crippen LogP contribution in [0.15, 0.2) is 72.3 Å². The van der Waals surface area contributed by atoms with E-state index < -0.39 is 0 Å². The predicted octanol–water partition coefficient (Wildman–Crippen LogP) is 5.60. The van der Waals surface area contributed by atoms with Crippen molar-refractivity contribution < 1.29 is 0 Å². The van der Waals surface area contributed by atoms with Crippen LogP contribution in [0.1, 0.15) is 49.8 Å². The lowest BCUT2D eigenvalue weighted by atomic mass is 9.94. The predicted molar refractivity (Wildman–Crippen MR) is 98.5 cm³/mol. The summed E-state index contributed by atoms with van der Waals surface area (Å²) in [5, 5.41) is 0. The van der Waals surface area contributed by atoms with Crippen LogP contribution in [0.4, 0.5) is 0 Å². The second-order valence-corrected chi connectivity index (χ2v) is 6.43. The summed E-state index contributed by atoms with van der Waals surface area (Å²) in [5.41, 5.74) is 4.44. The van der Waals surface area contributed by atoms with E-state index in [4.69, 9.17) is 0 Å². The van der Waals surface area contributed by atoms with Gasteiger partial charge in [-0.25, -0.2) is 0 Å². The lowest BCUT2D eigenvalue weighted by Gasteiger charge is -2.35. The Balaban J connectivity index is 1.82. The molecule has 0 atom stereocenters. The van der Waals surface area contributed by atoms with E-state index >= 15 is 0 Å². The molecule has 1 heterocycles. The number of hydrogen-bond donors (Lipinski definition) is 0. The minimum absolute atomic E-state index is 0.362. The van der Waals surface area contributed by atoms with Crippen LogP contribution in [0.2, 0.25) is 0 Å². The Morgan fingerprint density at radius 2 is 1.52 bits per heavy atom. The van der Waals surface area contributed by atoms with Crippen molar-refractivity contribution in [3.05, 3.63) is 83.4 Å². The first-order valence-electron chi connectivity index (χ1n) is 8.90. The number of unbranched alkanes of at least 4 members (excludes halogenated alkanes) is 1. The zero-order valence-corrected chi connectivity index (χ0v) is 14.1. The Hall–Kier alpha value is -1.86. The van der Waals surface area contributed by atoms with E-state index in [-0.39, 0.29) is 0 Å². The first-order chi connectivity index (χ1) is 11.4. The number of hydrogen-bond acceptors (Lipinski definition) is 1. The van der Waals surface area contributed by atoms with E-state index in [2.05, 4.69) is 78.6 Å². The zero-order chi connectivity index (χ0) is 15.9. The maximum atomic E-state index is 2.61. The first kappa shape index (κ1) is 16.0. The van der Waals surface area contributed by atoms with Crippen molar-refractivity contribution in [3.63, 3.8) is 0 Å². The molecule has 0 amide bonds. The zero-order valence-electron chi connectivity index (χ0n) is 14.1. The van der Waals surface area contributed by atoms with Gasteiger partial charge in [0.05, 0.1) is 6.04 Å². The minimum atomic E-state index is 0.362. The van der Waals surface area contributed by atoms with Gasteiger partial charge in [0.15, 0.2) is 0 Å². The molecule has 0 spiro atoms. The summed E-state index contributed by atoms with van der Waals surface area (Å²) < 4.78 is 0. The molecule has 120 valence electrons. The Kier molecular flexibility index (Phi) is 5.65. The van der Waals surface area contributed by atoms with Gasteiger partial charge in [0.1, 0.15) is 0 Å². The smallest absolute Gasteiger partial charge is 0.0604 e. The van der Waals surface area contributed by atoms with Crippen LogP contribution in [0.5, 0.6) is 0 Å². The van der Waals surface area contributed by atoms with Gasteiger partial charge in [-0.2, -0.15) is 0 Å². The van der Waals surface area contributed by atoms with Crippen LogP contribution in [-0.2, 0) is 0 Å². The second kappa shape index (κ2) is 8.12. The highest BCUT2D eigenvalue weighted by atomic mass is 15.2. The standard InChI is InChI=1S/C22H27N/c1-2-3-10-19-15-17-23(18-16-19)22(20-11-6-4-7-12-20)21-13-8-5-9-14-21/h4-9,11-15,22H,2-3,10,16-18H2,1H3. The highest BCUT2D eigenvalue weighted by molar-refractivity contribution is 5.32. The van der Waals surface area contributed by atoms with Gasteiger partial charge in [0.2, 0.25) is 0 Å². The molecule has 1 heteroatoms. The average Bonchev–Trinajstić information content (AvgIpc) is 2.63. The number of rotatable bonds is 6. The van der Waals surface area contributed by atoms with Gasteiger partial charge in [-0.1, -0.05) is 85.7 Å². The highest BCUT2D eigenvalue weighted by Crippen LogP contribution is 2.31. The molecule has 1 aliphatic heterocycles. The maximum Gasteiger partial charge on any atom is 0.0604 e. The molecule has 2 aromatic rings. The third-order valence-electron chi connectivity index (χ3n) is 4.78. The first-order valence-corrected chi connectivity index (χ1v) is 8.90. The van der Waals surface area contributed by atoms with Crippen molar-refractivity contribution in [1.82, 2.24) is 4.90 Å². The van der Waals surface area contributed by atoms with Gasteiger partial charge in [-0.15, -0.1) is 0 Å². The van der Waals surface area contributed by atoms with Crippen LogP contribution in [0, 0.1) is 0 Å². The van der Waals surface area contributed by atoms with Crippen molar-refractivity contribution in [1.29, 1.82) is 0 Å². The van der Waals surface area contributed by atoms with E-state index in [0.717, 1.165) is 13.1 Å². The van der Waals surface area contributed by atoms with Gasteiger partial charge >= 0.3 is 0 Å². The summed E-state index contributed by atoms with van der Waals surface area (Å²) in [4.78, 5) is 2.61. The molecule has 0 bridgehead atoms. The van der Waals surface area contributed by atoms with Gasteiger partial charge in [-0.05, 0) is 30.4 Å². The lowest BCUT2D eigenvalue weighted by Crippen LogP contribution is -2.33. The summed E-state index contributed by atoms with van der Waals surface area (Å²) in [6, 6.07) is 22.2. The van der Waals surface area contributed by atoms with Crippen LogP contribution >= 0.6 is 0 Å². The molecular formula is C22H27N. The van der Waals surface area contributed by atoms with E-state index in [0.29, 0.717) is 6.04 Å². The quantitative estimate of drug-likeness (QED) is 0.628. The summed E-state index contributed by atoms with van der Waals surface area (Å²) in [5.74, 6) is 0. The Morgan fingerprint density at radius 3 is 2.00 bits per heavy atom. The topological polar surface area (TPSA) is 3.24 Å². The summed E-state index contributed by atoms with van der Waals surface area (Å²) in [7, 11) is 0. The number of benzene rings is 2. The van der Waals surface area contributed by atoms with Crippen molar-refractivity contribution >= 4 is 0 Å². The summed E-state index contributed by atoms with van der Waals surface area (Å²) in [6.07, 6.45) is 7.59. The molecule has 0 aromatic heterocycles. The fourth-order valence-corrected chi connectivity index (χ4v) is 3.48. The normalized spacial score (nSPS) is 15.7. The Morgan fingerprint density at radius 1 is 0.913 bits per heavy atom. The maximum absolute atomic E-state index is 2.61. The fraction of sp³-hybridized carbons (Fsp3) is 0.364. The molecule has 0 saturated carbocycles. The largest absolute Gasteiger partial charge is 0.288 e. The molecular weight excluding hydrogens is 278 g/mol. The molecule has 0 fully saturated rings. The molecule has 0 radical (unpaired) electrons. The molecule has 0 aliphatic carbocycles. The number of nitrogens with zero attached hydrogens (tertiary/aromatic N) is 1. The average molecular weight is 305 g/mol. The molecule has 0 saturated heterocycles. The Bertz CT molecular complexity index is 575. The summed E-state index contributed by atoms with van der Waals surface area (Å²) >= 11 is 0. The van der Waals surface area contributed by atoms with E-state index in [1.807, 2.05) is 0 Å². The SMILES string of the molecule is CCCCC1=CCN(C(c2ccccc2)c2ccccc2)CC1. The van der Waals surface area contributed by atoms with E-state index in [9.17, 15) is 0 Å². The molecule has 23 heavy (non-hydrogen) atoms. The molecule has 1 aliphatic rings. The third-order valence-corrected chi connectivity index (χ3v) is 4.78. The third kappa shape index (κ3) is 4.11. The Labute approximate surface area is 140 Å². The molecule has 0 unspecified atom stereocenters. The highest BCUT2D eigenvalue weighted by Gasteiger charge is 2.23. The van der Waals surface area contributed by atoms with Crippen molar-refractivity contribution in [3.8, 4) is 0 Å². The van der Waals surface area contributed by atoms with Crippen LogP contribution in [0.3, 0.4) is 0 Å². The monoisotopic (exact) mass is 305 g/mol. The van der Waals surface area contributed by atoms with Crippen LogP contribution in [-0.4, -0.2) is 18.0 Å².